The molecule has 1 unspecified atom stereocenters. The van der Waals surface area contributed by atoms with Gasteiger partial charge in [0.05, 0.1) is 4.90 Å². The van der Waals surface area contributed by atoms with Crippen LogP contribution in [0.3, 0.4) is 0 Å². The molecule has 1 aromatic carbocycles. The molecule has 0 aromatic heterocycles. The van der Waals surface area contributed by atoms with E-state index in [1.54, 1.807) is 12.1 Å². The zero-order chi connectivity index (χ0) is 15.5. The first-order valence-corrected chi connectivity index (χ1v) is 8.64. The maximum absolute atomic E-state index is 12.7. The molecule has 0 bridgehead atoms. The largest absolute Gasteiger partial charge is 0.396 e. The number of hydrogen-bond donors (Lipinski definition) is 1. The van der Waals surface area contributed by atoms with E-state index in [4.69, 9.17) is 5.11 Å². The first kappa shape index (κ1) is 16.1. The fourth-order valence-corrected chi connectivity index (χ4v) is 4.52. The summed E-state index contributed by atoms with van der Waals surface area (Å²) in [7, 11) is -3.57. The molecular weight excluding hydrogens is 290 g/mol. The molecule has 1 N–H and O–H groups in total. The number of hydrogen-bond acceptors (Lipinski definition) is 4. The summed E-state index contributed by atoms with van der Waals surface area (Å²) in [5, 5.41) is 8.92. The van der Waals surface area contributed by atoms with Crippen LogP contribution in [0.4, 0.5) is 0 Å². The number of aliphatic hydroxyl groups is 1. The number of ketones is 1. The SMILES string of the molecule is CC(=O)c1cccc(S(=O)(=O)N2CCCC2CCCO)c1. The molecule has 1 heterocycles. The smallest absolute Gasteiger partial charge is 0.243 e. The summed E-state index contributed by atoms with van der Waals surface area (Å²) in [4.78, 5) is 11.6. The van der Waals surface area contributed by atoms with E-state index in [2.05, 4.69) is 0 Å². The van der Waals surface area contributed by atoms with Gasteiger partial charge in [-0.1, -0.05) is 12.1 Å². The number of carbonyl (C=O) groups is 1. The van der Waals surface area contributed by atoms with Gasteiger partial charge in [-0.15, -0.1) is 0 Å². The average Bonchev–Trinajstić information content (AvgIpc) is 2.94. The van der Waals surface area contributed by atoms with E-state index in [1.165, 1.54) is 23.4 Å². The Balaban J connectivity index is 2.28. The summed E-state index contributed by atoms with van der Waals surface area (Å²) in [6.45, 7) is 2.00. The molecule has 6 heteroatoms. The van der Waals surface area contributed by atoms with Gasteiger partial charge in [-0.05, 0) is 44.7 Å². The number of sulfonamides is 1. The zero-order valence-corrected chi connectivity index (χ0v) is 13.0. The standard InChI is InChI=1S/C15H21NO4S/c1-12(18)13-5-2-8-15(11-13)21(19,20)16-9-3-6-14(16)7-4-10-17/h2,5,8,11,14,17H,3-4,6-7,9-10H2,1H3. The second kappa shape index (κ2) is 6.68. The van der Waals surface area contributed by atoms with E-state index in [9.17, 15) is 13.2 Å². The maximum atomic E-state index is 12.7. The quantitative estimate of drug-likeness (QED) is 0.813. The van der Waals surface area contributed by atoms with Crippen LogP contribution in [0.5, 0.6) is 0 Å². The van der Waals surface area contributed by atoms with E-state index >= 15 is 0 Å². The summed E-state index contributed by atoms with van der Waals surface area (Å²) in [6.07, 6.45) is 2.93. The van der Waals surface area contributed by atoms with Crippen LogP contribution >= 0.6 is 0 Å². The topological polar surface area (TPSA) is 74.7 Å². The van der Waals surface area contributed by atoms with Crippen LogP contribution in [0.2, 0.25) is 0 Å². The molecule has 1 fully saturated rings. The first-order chi connectivity index (χ1) is 9.96. The van der Waals surface area contributed by atoms with Gasteiger partial charge in [-0.25, -0.2) is 8.42 Å². The summed E-state index contributed by atoms with van der Waals surface area (Å²) in [5.41, 5.74) is 0.405. The van der Waals surface area contributed by atoms with Gasteiger partial charge >= 0.3 is 0 Å². The van der Waals surface area contributed by atoms with Crippen molar-refractivity contribution in [3.05, 3.63) is 29.8 Å². The zero-order valence-electron chi connectivity index (χ0n) is 12.2. The third-order valence-corrected chi connectivity index (χ3v) is 5.81. The molecule has 0 amide bonds. The highest BCUT2D eigenvalue weighted by Gasteiger charge is 2.34. The summed E-state index contributed by atoms with van der Waals surface area (Å²) in [6, 6.07) is 6.14. The molecule has 0 aliphatic carbocycles. The number of Topliss-reactive ketones (excluding diaryl/α,β-unsaturated/α-hetero) is 1. The minimum atomic E-state index is -3.57. The highest BCUT2D eigenvalue weighted by molar-refractivity contribution is 7.89. The van der Waals surface area contributed by atoms with Gasteiger partial charge in [0.1, 0.15) is 0 Å². The van der Waals surface area contributed by atoms with Crippen LogP contribution in [0.25, 0.3) is 0 Å². The molecule has 0 saturated carbocycles. The maximum Gasteiger partial charge on any atom is 0.243 e. The minimum absolute atomic E-state index is 0.0527. The second-order valence-electron chi connectivity index (χ2n) is 5.36. The number of carbonyl (C=O) groups excluding carboxylic acids is 1. The van der Waals surface area contributed by atoms with E-state index in [0.717, 1.165) is 12.8 Å². The Morgan fingerprint density at radius 1 is 1.43 bits per heavy atom. The van der Waals surface area contributed by atoms with Crippen molar-refractivity contribution in [2.45, 2.75) is 43.5 Å². The van der Waals surface area contributed by atoms with Crippen molar-refractivity contribution >= 4 is 15.8 Å². The number of rotatable bonds is 6. The Kier molecular flexibility index (Phi) is 5.13. The third-order valence-electron chi connectivity index (χ3n) is 3.87. The van der Waals surface area contributed by atoms with Crippen LogP contribution in [-0.2, 0) is 10.0 Å². The van der Waals surface area contributed by atoms with Gasteiger partial charge < -0.3 is 5.11 Å². The molecule has 2 rings (SSSR count). The first-order valence-electron chi connectivity index (χ1n) is 7.20. The summed E-state index contributed by atoms with van der Waals surface area (Å²) in [5.74, 6) is -0.148. The lowest BCUT2D eigenvalue weighted by Gasteiger charge is -2.24. The fraction of sp³-hybridized carbons (Fsp3) is 0.533. The second-order valence-corrected chi connectivity index (χ2v) is 7.25. The Bertz CT molecular complexity index is 612. The van der Waals surface area contributed by atoms with Gasteiger partial charge in [0.15, 0.2) is 5.78 Å². The van der Waals surface area contributed by atoms with Crippen molar-refractivity contribution in [2.24, 2.45) is 0 Å². The molecule has 0 radical (unpaired) electrons. The van der Waals surface area contributed by atoms with Crippen molar-refractivity contribution in [1.29, 1.82) is 0 Å². The average molecular weight is 311 g/mol. The monoisotopic (exact) mass is 311 g/mol. The van der Waals surface area contributed by atoms with Crippen LogP contribution in [-0.4, -0.2) is 42.8 Å². The molecule has 5 nitrogen and oxygen atoms in total. The van der Waals surface area contributed by atoms with Crippen LogP contribution in [0.1, 0.15) is 43.0 Å². The minimum Gasteiger partial charge on any atom is -0.396 e. The number of aliphatic hydroxyl groups excluding tert-OH is 1. The van der Waals surface area contributed by atoms with Crippen molar-refractivity contribution in [2.75, 3.05) is 13.2 Å². The Morgan fingerprint density at radius 3 is 2.86 bits per heavy atom. The number of nitrogens with zero attached hydrogens (tertiary/aromatic N) is 1. The molecule has 21 heavy (non-hydrogen) atoms. The van der Waals surface area contributed by atoms with Crippen LogP contribution in [0, 0.1) is 0 Å². The molecular formula is C15H21NO4S. The highest BCUT2D eigenvalue weighted by atomic mass is 32.2. The van der Waals surface area contributed by atoms with Crippen molar-refractivity contribution in [3.8, 4) is 0 Å². The molecule has 1 aromatic rings. The van der Waals surface area contributed by atoms with Crippen LogP contribution in [0.15, 0.2) is 29.2 Å². The third kappa shape index (κ3) is 3.51. The highest BCUT2D eigenvalue weighted by Crippen LogP contribution is 2.28. The van der Waals surface area contributed by atoms with Crippen molar-refractivity contribution in [1.82, 2.24) is 4.31 Å². The predicted octanol–water partition coefficient (Wildman–Crippen LogP) is 1.81. The summed E-state index contributed by atoms with van der Waals surface area (Å²) >= 11 is 0. The molecule has 1 aliphatic heterocycles. The van der Waals surface area contributed by atoms with Crippen LogP contribution < -0.4 is 0 Å². The van der Waals surface area contributed by atoms with Gasteiger partial charge in [0.25, 0.3) is 0 Å². The lowest BCUT2D eigenvalue weighted by Crippen LogP contribution is -2.35. The molecule has 1 saturated heterocycles. The van der Waals surface area contributed by atoms with E-state index < -0.39 is 10.0 Å². The summed E-state index contributed by atoms with van der Waals surface area (Å²) < 4.78 is 27.0. The molecule has 116 valence electrons. The van der Waals surface area contributed by atoms with Crippen molar-refractivity contribution < 1.29 is 18.3 Å². The van der Waals surface area contributed by atoms with Gasteiger partial charge in [0.2, 0.25) is 10.0 Å². The normalized spacial score (nSPS) is 19.8. The number of benzene rings is 1. The Hall–Kier alpha value is -1.24. The Labute approximate surface area is 125 Å². The molecule has 0 spiro atoms. The van der Waals surface area contributed by atoms with Gasteiger partial charge in [-0.3, -0.25) is 4.79 Å². The van der Waals surface area contributed by atoms with E-state index in [1.807, 2.05) is 0 Å². The Morgan fingerprint density at radius 2 is 2.19 bits per heavy atom. The lowest BCUT2D eigenvalue weighted by atomic mass is 10.1. The molecule has 1 aliphatic rings. The van der Waals surface area contributed by atoms with E-state index in [-0.39, 0.29) is 23.3 Å². The van der Waals surface area contributed by atoms with Gasteiger partial charge in [-0.2, -0.15) is 4.31 Å². The van der Waals surface area contributed by atoms with Crippen molar-refractivity contribution in [3.63, 3.8) is 0 Å². The fourth-order valence-electron chi connectivity index (χ4n) is 2.75. The van der Waals surface area contributed by atoms with Gasteiger partial charge in [0, 0.05) is 24.8 Å². The predicted molar refractivity (Wildman–Crippen MR) is 79.7 cm³/mol. The van der Waals surface area contributed by atoms with E-state index in [0.29, 0.717) is 24.9 Å². The molecule has 1 atom stereocenters. The lowest BCUT2D eigenvalue weighted by molar-refractivity contribution is 0.101.